The molecule has 0 bridgehead atoms. The highest BCUT2D eigenvalue weighted by atomic mass is 79.9. The maximum atomic E-state index is 12.5. The van der Waals surface area contributed by atoms with Gasteiger partial charge in [0.2, 0.25) is 0 Å². The summed E-state index contributed by atoms with van der Waals surface area (Å²) in [4.78, 5) is 4.42. The molecule has 0 aliphatic heterocycles. The van der Waals surface area contributed by atoms with Gasteiger partial charge in [-0.3, -0.25) is 19.5 Å². The summed E-state index contributed by atoms with van der Waals surface area (Å²) in [5, 5.41) is 11.5. The van der Waals surface area contributed by atoms with E-state index in [1.54, 1.807) is 30.1 Å². The largest absolute Gasteiger partial charge is 0.284 e. The summed E-state index contributed by atoms with van der Waals surface area (Å²) in [6, 6.07) is 9.05. The zero-order chi connectivity index (χ0) is 18.3. The van der Waals surface area contributed by atoms with Crippen LogP contribution in [-0.4, -0.2) is 33.4 Å². The number of fused-ring (bicyclic) bond motifs is 1. The number of anilines is 1. The first-order valence-electron chi connectivity index (χ1n) is 7.55. The number of halogens is 1. The molecule has 2 N–H and O–H groups in total. The molecule has 3 aromatic heterocycles. The molecule has 0 radical (unpaired) electrons. The third-order valence-corrected chi connectivity index (χ3v) is 5.68. The highest BCUT2D eigenvalue weighted by molar-refractivity contribution is 9.10. The van der Waals surface area contributed by atoms with Crippen molar-refractivity contribution in [3.63, 3.8) is 0 Å². The number of hydrogen-bond acceptors (Lipinski definition) is 5. The molecule has 0 unspecified atom stereocenters. The Labute approximate surface area is 157 Å². The summed E-state index contributed by atoms with van der Waals surface area (Å²) in [6.45, 7) is 0. The highest BCUT2D eigenvalue weighted by Crippen LogP contribution is 2.32. The van der Waals surface area contributed by atoms with Gasteiger partial charge in [-0.15, -0.1) is 0 Å². The Bertz CT molecular complexity index is 1200. The number of benzene rings is 1. The first kappa shape index (κ1) is 16.7. The van der Waals surface area contributed by atoms with Crippen LogP contribution in [0.25, 0.3) is 22.3 Å². The Morgan fingerprint density at radius 1 is 1.27 bits per heavy atom. The standard InChI is InChI=1S/C16H13BrN6O2S/c1-23-16-12(15(21-23)14-7-10(17)5-6-18-14)3-2-4-13(16)22-26(24,25)11-8-19-20-9-11/h2-9,22H,1H3,(H,19,20). The molecule has 0 fully saturated rings. The van der Waals surface area contributed by atoms with Gasteiger partial charge in [-0.2, -0.15) is 10.2 Å². The van der Waals surface area contributed by atoms with Gasteiger partial charge in [-0.25, -0.2) is 8.42 Å². The predicted molar refractivity (Wildman–Crippen MR) is 101 cm³/mol. The molecule has 0 aliphatic carbocycles. The molecule has 0 spiro atoms. The summed E-state index contributed by atoms with van der Waals surface area (Å²) < 4.78 is 30.2. The molecular weight excluding hydrogens is 420 g/mol. The summed E-state index contributed by atoms with van der Waals surface area (Å²) in [5.41, 5.74) is 2.46. The number of nitrogens with zero attached hydrogens (tertiary/aromatic N) is 4. The molecule has 0 aliphatic rings. The second-order valence-electron chi connectivity index (χ2n) is 5.57. The molecule has 3 heterocycles. The highest BCUT2D eigenvalue weighted by Gasteiger charge is 2.20. The minimum absolute atomic E-state index is 0.0607. The Morgan fingerprint density at radius 3 is 2.85 bits per heavy atom. The number of nitrogens with one attached hydrogen (secondary N) is 2. The third kappa shape index (κ3) is 2.86. The lowest BCUT2D eigenvalue weighted by atomic mass is 10.1. The molecule has 0 atom stereocenters. The van der Waals surface area contributed by atoms with Crippen LogP contribution >= 0.6 is 15.9 Å². The topological polar surface area (TPSA) is 106 Å². The smallest absolute Gasteiger partial charge is 0.265 e. The Hall–Kier alpha value is -2.72. The Kier molecular flexibility index (Phi) is 4.00. The van der Waals surface area contributed by atoms with Crippen LogP contribution in [0.1, 0.15) is 0 Å². The van der Waals surface area contributed by atoms with Crippen LogP contribution in [0, 0.1) is 0 Å². The van der Waals surface area contributed by atoms with Crippen molar-refractivity contribution in [1.29, 1.82) is 0 Å². The van der Waals surface area contributed by atoms with Gasteiger partial charge in [-0.1, -0.05) is 28.1 Å². The number of hydrogen-bond donors (Lipinski definition) is 2. The van der Waals surface area contributed by atoms with Gasteiger partial charge >= 0.3 is 0 Å². The van der Waals surface area contributed by atoms with Crippen molar-refractivity contribution < 1.29 is 8.42 Å². The number of H-pyrrole nitrogens is 1. The molecular formula is C16H13BrN6O2S. The second-order valence-corrected chi connectivity index (χ2v) is 8.17. The quantitative estimate of drug-likeness (QED) is 0.515. The van der Waals surface area contributed by atoms with Crippen molar-refractivity contribution in [2.45, 2.75) is 4.90 Å². The number of aryl methyl sites for hydroxylation is 1. The summed E-state index contributed by atoms with van der Waals surface area (Å²) in [5.74, 6) is 0. The average molecular weight is 433 g/mol. The molecule has 10 heteroatoms. The molecule has 0 amide bonds. The number of para-hydroxylation sites is 1. The lowest BCUT2D eigenvalue weighted by Gasteiger charge is -2.08. The SMILES string of the molecule is Cn1nc(-c2cc(Br)ccn2)c2cccc(NS(=O)(=O)c3cn[nH]c3)c21. The van der Waals surface area contributed by atoms with E-state index in [-0.39, 0.29) is 4.90 Å². The molecule has 1 aromatic carbocycles. The van der Waals surface area contributed by atoms with Crippen molar-refractivity contribution in [2.75, 3.05) is 4.72 Å². The molecule has 26 heavy (non-hydrogen) atoms. The summed E-state index contributed by atoms with van der Waals surface area (Å²) in [7, 11) is -1.98. The fourth-order valence-corrected chi connectivity index (χ4v) is 4.04. The number of pyridine rings is 1. The van der Waals surface area contributed by atoms with Gasteiger partial charge in [0.15, 0.2) is 0 Å². The Morgan fingerprint density at radius 2 is 2.12 bits per heavy atom. The number of aromatic nitrogens is 5. The van der Waals surface area contributed by atoms with Crippen molar-refractivity contribution in [3.8, 4) is 11.4 Å². The first-order valence-corrected chi connectivity index (χ1v) is 9.82. The monoisotopic (exact) mass is 432 g/mol. The minimum Gasteiger partial charge on any atom is -0.284 e. The average Bonchev–Trinajstić information content (AvgIpc) is 3.24. The molecule has 0 saturated heterocycles. The van der Waals surface area contributed by atoms with Gasteiger partial charge in [-0.05, 0) is 18.2 Å². The maximum absolute atomic E-state index is 12.5. The molecule has 4 rings (SSSR count). The lowest BCUT2D eigenvalue weighted by molar-refractivity contribution is 0.601. The molecule has 4 aromatic rings. The van der Waals surface area contributed by atoms with Gasteiger partial charge in [0, 0.05) is 29.3 Å². The van der Waals surface area contributed by atoms with E-state index in [9.17, 15) is 8.42 Å². The number of aromatic amines is 1. The lowest BCUT2D eigenvalue weighted by Crippen LogP contribution is -2.13. The van der Waals surface area contributed by atoms with Crippen LogP contribution in [0.5, 0.6) is 0 Å². The normalized spacial score (nSPS) is 11.8. The van der Waals surface area contributed by atoms with Crippen molar-refractivity contribution in [2.24, 2.45) is 7.05 Å². The fourth-order valence-electron chi connectivity index (χ4n) is 2.73. The van der Waals surface area contributed by atoms with Crippen LogP contribution in [-0.2, 0) is 17.1 Å². The van der Waals surface area contributed by atoms with E-state index in [1.165, 1.54) is 12.4 Å². The molecule has 132 valence electrons. The van der Waals surface area contributed by atoms with E-state index in [2.05, 4.69) is 40.9 Å². The molecule has 8 nitrogen and oxygen atoms in total. The zero-order valence-electron chi connectivity index (χ0n) is 13.5. The van der Waals surface area contributed by atoms with Crippen LogP contribution in [0.4, 0.5) is 5.69 Å². The summed E-state index contributed by atoms with van der Waals surface area (Å²) >= 11 is 3.43. The van der Waals surface area contributed by atoms with E-state index in [0.717, 1.165) is 9.86 Å². The minimum atomic E-state index is -3.75. The number of rotatable bonds is 4. The van der Waals surface area contributed by atoms with E-state index >= 15 is 0 Å². The van der Waals surface area contributed by atoms with E-state index in [4.69, 9.17) is 0 Å². The zero-order valence-corrected chi connectivity index (χ0v) is 15.9. The van der Waals surface area contributed by atoms with E-state index < -0.39 is 10.0 Å². The van der Waals surface area contributed by atoms with E-state index in [0.29, 0.717) is 22.6 Å². The Balaban J connectivity index is 1.86. The van der Waals surface area contributed by atoms with Gasteiger partial charge in [0.1, 0.15) is 10.6 Å². The van der Waals surface area contributed by atoms with Crippen LogP contribution in [0.3, 0.4) is 0 Å². The number of sulfonamides is 1. The third-order valence-electron chi connectivity index (χ3n) is 3.86. The van der Waals surface area contributed by atoms with Gasteiger partial charge < -0.3 is 0 Å². The maximum Gasteiger partial charge on any atom is 0.265 e. The molecule has 0 saturated carbocycles. The first-order chi connectivity index (χ1) is 12.5. The van der Waals surface area contributed by atoms with Crippen molar-refractivity contribution in [1.82, 2.24) is 25.0 Å². The predicted octanol–water partition coefficient (Wildman–Crippen LogP) is 2.92. The summed E-state index contributed by atoms with van der Waals surface area (Å²) in [6.07, 6.45) is 4.26. The van der Waals surface area contributed by atoms with Crippen LogP contribution in [0.15, 0.2) is 58.3 Å². The fraction of sp³-hybridized carbons (Fsp3) is 0.0625. The van der Waals surface area contributed by atoms with Crippen molar-refractivity contribution >= 4 is 42.5 Å². The van der Waals surface area contributed by atoms with Gasteiger partial charge in [0.05, 0.1) is 23.1 Å². The van der Waals surface area contributed by atoms with Crippen LogP contribution < -0.4 is 4.72 Å². The van der Waals surface area contributed by atoms with Crippen molar-refractivity contribution in [3.05, 3.63) is 53.4 Å². The van der Waals surface area contributed by atoms with E-state index in [1.807, 2.05) is 18.2 Å². The second kappa shape index (κ2) is 6.22. The van der Waals surface area contributed by atoms with Crippen LogP contribution in [0.2, 0.25) is 0 Å². The van der Waals surface area contributed by atoms with Gasteiger partial charge in [0.25, 0.3) is 10.0 Å².